The van der Waals surface area contributed by atoms with E-state index in [2.05, 4.69) is 10.3 Å². The maximum atomic E-state index is 13.0. The number of nitro groups is 1. The van der Waals surface area contributed by atoms with E-state index in [1.54, 1.807) is 36.5 Å². The van der Waals surface area contributed by atoms with Gasteiger partial charge in [0.25, 0.3) is 11.6 Å². The average molecular weight is 478 g/mol. The van der Waals surface area contributed by atoms with Gasteiger partial charge in [0.05, 0.1) is 15.5 Å². The molecule has 0 saturated heterocycles. The summed E-state index contributed by atoms with van der Waals surface area (Å²) in [5, 5.41) is 14.9. The number of hydrogen-bond acceptors (Lipinski definition) is 5. The van der Waals surface area contributed by atoms with Crippen molar-refractivity contribution in [3.63, 3.8) is 0 Å². The molecule has 0 bridgehead atoms. The maximum Gasteiger partial charge on any atom is 0.329 e. The fourth-order valence-electron chi connectivity index (χ4n) is 3.61. The van der Waals surface area contributed by atoms with Crippen LogP contribution in [0.25, 0.3) is 10.9 Å². The Morgan fingerprint density at radius 1 is 1.06 bits per heavy atom. The molecule has 2 N–H and O–H groups in total. The number of carbonyl (C=O) groups excluding carboxylic acids is 2. The van der Waals surface area contributed by atoms with Crippen LogP contribution in [0.5, 0.6) is 0 Å². The summed E-state index contributed by atoms with van der Waals surface area (Å²) in [5.74, 6) is -1.18. The van der Waals surface area contributed by atoms with E-state index in [0.717, 1.165) is 16.5 Å². The van der Waals surface area contributed by atoms with Gasteiger partial charge in [-0.25, -0.2) is 4.79 Å². The number of non-ortho nitro benzene ring substituents is 1. The van der Waals surface area contributed by atoms with Crippen molar-refractivity contribution in [2.24, 2.45) is 0 Å². The molecule has 0 aliphatic carbocycles. The highest BCUT2D eigenvalue weighted by Gasteiger charge is 2.25. The van der Waals surface area contributed by atoms with Crippen LogP contribution in [0, 0.1) is 10.1 Å². The van der Waals surface area contributed by atoms with Gasteiger partial charge in [0.1, 0.15) is 12.6 Å². The molecule has 0 unspecified atom stereocenters. The molecule has 0 fully saturated rings. The number of rotatable bonds is 8. The third-order valence-corrected chi connectivity index (χ3v) is 5.64. The van der Waals surface area contributed by atoms with E-state index in [4.69, 9.17) is 16.3 Å². The zero-order valence-corrected chi connectivity index (χ0v) is 18.6. The fourth-order valence-corrected chi connectivity index (χ4v) is 3.83. The van der Waals surface area contributed by atoms with E-state index in [0.29, 0.717) is 5.56 Å². The van der Waals surface area contributed by atoms with E-state index in [-0.39, 0.29) is 29.3 Å². The van der Waals surface area contributed by atoms with Crippen molar-refractivity contribution < 1.29 is 19.2 Å². The maximum absolute atomic E-state index is 13.0. The van der Waals surface area contributed by atoms with Crippen LogP contribution in [0.3, 0.4) is 0 Å². The van der Waals surface area contributed by atoms with E-state index < -0.39 is 22.8 Å². The van der Waals surface area contributed by atoms with Crippen molar-refractivity contribution in [3.8, 4) is 0 Å². The van der Waals surface area contributed by atoms with Crippen LogP contribution in [0.2, 0.25) is 5.02 Å². The first kappa shape index (κ1) is 23.0. The smallest absolute Gasteiger partial charge is 0.329 e. The summed E-state index contributed by atoms with van der Waals surface area (Å²) in [7, 11) is 0. The second-order valence-corrected chi connectivity index (χ2v) is 8.01. The zero-order valence-electron chi connectivity index (χ0n) is 17.9. The van der Waals surface area contributed by atoms with Gasteiger partial charge in [-0.1, -0.05) is 54.1 Å². The first-order valence-electron chi connectivity index (χ1n) is 10.4. The molecule has 9 heteroatoms. The molecule has 0 spiro atoms. The van der Waals surface area contributed by atoms with Crippen LogP contribution in [-0.2, 0) is 22.6 Å². The topological polar surface area (TPSA) is 114 Å². The Hall–Kier alpha value is -4.17. The van der Waals surface area contributed by atoms with E-state index in [9.17, 15) is 19.7 Å². The second kappa shape index (κ2) is 10.2. The lowest BCUT2D eigenvalue weighted by Gasteiger charge is -2.18. The van der Waals surface area contributed by atoms with Crippen LogP contribution < -0.4 is 5.32 Å². The van der Waals surface area contributed by atoms with Gasteiger partial charge in [0, 0.05) is 35.7 Å². The van der Waals surface area contributed by atoms with Gasteiger partial charge < -0.3 is 15.0 Å². The van der Waals surface area contributed by atoms with Crippen LogP contribution >= 0.6 is 11.6 Å². The van der Waals surface area contributed by atoms with E-state index >= 15 is 0 Å². The number of ether oxygens (including phenoxy) is 1. The summed E-state index contributed by atoms with van der Waals surface area (Å²) in [6.45, 7) is -0.174. The second-order valence-electron chi connectivity index (χ2n) is 7.60. The number of amides is 1. The number of para-hydroxylation sites is 1. The van der Waals surface area contributed by atoms with Crippen molar-refractivity contribution in [2.75, 3.05) is 0 Å². The summed E-state index contributed by atoms with van der Waals surface area (Å²) < 4.78 is 5.43. The monoisotopic (exact) mass is 477 g/mol. The summed E-state index contributed by atoms with van der Waals surface area (Å²) >= 11 is 6.15. The third-order valence-electron chi connectivity index (χ3n) is 5.31. The molecule has 1 aromatic heterocycles. The molecule has 4 aromatic rings. The van der Waals surface area contributed by atoms with Crippen molar-refractivity contribution in [1.29, 1.82) is 0 Å². The zero-order chi connectivity index (χ0) is 24.1. The molecule has 3 aromatic carbocycles. The Morgan fingerprint density at radius 3 is 2.62 bits per heavy atom. The first-order valence-corrected chi connectivity index (χ1v) is 10.8. The number of nitrogens with zero attached hydrogens (tertiary/aromatic N) is 1. The Balaban J connectivity index is 1.55. The lowest BCUT2D eigenvalue weighted by atomic mass is 10.0. The predicted octanol–water partition coefficient (Wildman–Crippen LogP) is 4.81. The van der Waals surface area contributed by atoms with Gasteiger partial charge >= 0.3 is 5.97 Å². The van der Waals surface area contributed by atoms with Gasteiger partial charge in [-0.2, -0.15) is 0 Å². The number of benzene rings is 3. The number of aromatic nitrogens is 1. The molecule has 1 atom stereocenters. The summed E-state index contributed by atoms with van der Waals surface area (Å²) in [5.41, 5.74) is 2.33. The van der Waals surface area contributed by atoms with Crippen molar-refractivity contribution in [3.05, 3.63) is 111 Å². The largest absolute Gasteiger partial charge is 0.459 e. The number of nitrogens with one attached hydrogen (secondary N) is 2. The first-order chi connectivity index (χ1) is 16.4. The Labute approximate surface area is 199 Å². The molecule has 34 heavy (non-hydrogen) atoms. The van der Waals surface area contributed by atoms with Gasteiger partial charge in [-0.15, -0.1) is 0 Å². The van der Waals surface area contributed by atoms with Crippen molar-refractivity contribution >= 4 is 40.1 Å². The Kier molecular flexibility index (Phi) is 6.89. The average Bonchev–Trinajstić information content (AvgIpc) is 3.25. The van der Waals surface area contributed by atoms with E-state index in [1.807, 2.05) is 24.3 Å². The minimum Gasteiger partial charge on any atom is -0.459 e. The van der Waals surface area contributed by atoms with Crippen LogP contribution in [0.1, 0.15) is 21.5 Å². The number of nitro benzene ring substituents is 1. The number of aromatic amines is 1. The number of carbonyl (C=O) groups is 2. The van der Waals surface area contributed by atoms with Crippen LogP contribution in [0.15, 0.2) is 79.0 Å². The van der Waals surface area contributed by atoms with Crippen LogP contribution in [-0.4, -0.2) is 27.8 Å². The highest BCUT2D eigenvalue weighted by Crippen LogP contribution is 2.21. The number of fused-ring (bicyclic) bond motifs is 1. The van der Waals surface area contributed by atoms with Gasteiger partial charge in [-0.05, 0) is 29.3 Å². The van der Waals surface area contributed by atoms with Crippen molar-refractivity contribution in [2.45, 2.75) is 19.1 Å². The molecular weight excluding hydrogens is 458 g/mol. The Bertz CT molecular complexity index is 1370. The summed E-state index contributed by atoms with van der Waals surface area (Å²) in [6, 6.07) is 19.0. The van der Waals surface area contributed by atoms with Crippen molar-refractivity contribution in [1.82, 2.24) is 10.3 Å². The SMILES string of the molecule is O=C(N[C@H](Cc1c[nH]c2ccccc12)C(=O)OCc1cccc([N+](=O)[O-])c1)c1ccccc1Cl. The lowest BCUT2D eigenvalue weighted by molar-refractivity contribution is -0.384. The quantitative estimate of drug-likeness (QED) is 0.214. The molecule has 172 valence electrons. The lowest BCUT2D eigenvalue weighted by Crippen LogP contribution is -2.43. The third kappa shape index (κ3) is 5.24. The Morgan fingerprint density at radius 2 is 1.82 bits per heavy atom. The highest BCUT2D eigenvalue weighted by molar-refractivity contribution is 6.33. The molecule has 0 aliphatic rings. The molecule has 1 amide bonds. The number of esters is 1. The van der Waals surface area contributed by atoms with Gasteiger partial charge in [-0.3, -0.25) is 14.9 Å². The minimum absolute atomic E-state index is 0.101. The number of halogens is 1. The van der Waals surface area contributed by atoms with Gasteiger partial charge in [0.2, 0.25) is 0 Å². The number of hydrogen-bond donors (Lipinski definition) is 2. The number of H-pyrrole nitrogens is 1. The van der Waals surface area contributed by atoms with Gasteiger partial charge in [0.15, 0.2) is 0 Å². The molecule has 0 aliphatic heterocycles. The molecule has 4 rings (SSSR count). The standard InChI is InChI=1S/C25H20ClN3O5/c26-21-10-3-1-9-20(21)24(30)28-23(13-17-14-27-22-11-4-2-8-19(17)22)25(31)34-15-16-6-5-7-18(12-16)29(32)33/h1-12,14,23,27H,13,15H2,(H,28,30)/t23-/m1/s1. The molecular formula is C25H20ClN3O5. The summed E-state index contributed by atoms with van der Waals surface area (Å²) in [4.78, 5) is 39.6. The fraction of sp³-hybridized carbons (Fsp3) is 0.120. The molecule has 0 radical (unpaired) electrons. The molecule has 1 heterocycles. The summed E-state index contributed by atoms with van der Waals surface area (Å²) in [6.07, 6.45) is 1.96. The van der Waals surface area contributed by atoms with Crippen LogP contribution in [0.4, 0.5) is 5.69 Å². The molecule has 8 nitrogen and oxygen atoms in total. The predicted molar refractivity (Wildman–Crippen MR) is 128 cm³/mol. The minimum atomic E-state index is -1.01. The molecule has 0 saturated carbocycles. The normalized spacial score (nSPS) is 11.7. The van der Waals surface area contributed by atoms with E-state index in [1.165, 1.54) is 18.2 Å². The highest BCUT2D eigenvalue weighted by atomic mass is 35.5.